The van der Waals surface area contributed by atoms with E-state index in [2.05, 4.69) is 15.3 Å². The molecule has 14 heteroatoms. The van der Waals surface area contributed by atoms with Crippen molar-refractivity contribution in [1.29, 1.82) is 0 Å². The Morgan fingerprint density at radius 2 is 1.46 bits per heavy atom. The Labute approximate surface area is 238 Å². The van der Waals surface area contributed by atoms with Gasteiger partial charge in [0, 0.05) is 19.6 Å². The van der Waals surface area contributed by atoms with Crippen molar-refractivity contribution < 1.29 is 35.9 Å². The maximum Gasteiger partial charge on any atom is 0.343 e. The summed E-state index contributed by atoms with van der Waals surface area (Å²) in [6.07, 6.45) is 1.33. The summed E-state index contributed by atoms with van der Waals surface area (Å²) in [5, 5.41) is 3.94. The monoisotopic (exact) mass is 600 g/mol. The first-order chi connectivity index (χ1) is 19.6. The summed E-state index contributed by atoms with van der Waals surface area (Å²) in [5.74, 6) is -0.911. The number of nitrogens with one attached hydrogen (secondary N) is 1. The van der Waals surface area contributed by atoms with Crippen LogP contribution in [0.5, 0.6) is 5.75 Å². The van der Waals surface area contributed by atoms with Gasteiger partial charge in [0.15, 0.2) is 6.61 Å². The Morgan fingerprint density at radius 3 is 2.05 bits per heavy atom. The molecule has 3 aromatic carbocycles. The fourth-order valence-electron chi connectivity index (χ4n) is 4.03. The number of benzene rings is 3. The molecule has 12 nitrogen and oxygen atoms in total. The van der Waals surface area contributed by atoms with Gasteiger partial charge in [0.05, 0.1) is 23.1 Å². The van der Waals surface area contributed by atoms with Gasteiger partial charge in [-0.2, -0.15) is 13.7 Å². The van der Waals surface area contributed by atoms with Crippen molar-refractivity contribution in [1.82, 2.24) is 14.0 Å². The number of nitrogens with zero attached hydrogens (tertiary/aromatic N) is 3. The molecule has 1 amide bonds. The number of carbonyl (C=O) groups is 2. The second-order valence-corrected chi connectivity index (χ2v) is 12.6. The average molecular weight is 601 g/mol. The Kier molecular flexibility index (Phi) is 9.50. The predicted molar refractivity (Wildman–Crippen MR) is 149 cm³/mol. The fraction of sp³-hybridized carbons (Fsp3) is 0.222. The van der Waals surface area contributed by atoms with Crippen LogP contribution in [0.1, 0.15) is 5.56 Å². The highest BCUT2D eigenvalue weighted by Gasteiger charge is 2.43. The molecule has 4 rings (SSSR count). The van der Waals surface area contributed by atoms with Crippen LogP contribution in [0, 0.1) is 0 Å². The van der Waals surface area contributed by atoms with E-state index in [4.69, 9.17) is 4.74 Å². The molecule has 0 aliphatic carbocycles. The topological polar surface area (TPSA) is 152 Å². The number of hydrogen-bond acceptors (Lipinski definition) is 9. The van der Waals surface area contributed by atoms with Crippen LogP contribution in [0.15, 0.2) is 99.8 Å². The quantitative estimate of drug-likeness (QED) is 0.209. The van der Waals surface area contributed by atoms with E-state index in [0.717, 1.165) is 8.61 Å². The van der Waals surface area contributed by atoms with Gasteiger partial charge in [0.1, 0.15) is 11.8 Å². The van der Waals surface area contributed by atoms with Crippen molar-refractivity contribution in [2.45, 2.75) is 15.8 Å². The van der Waals surface area contributed by atoms with Gasteiger partial charge in [-0.1, -0.05) is 36.4 Å². The summed E-state index contributed by atoms with van der Waals surface area (Å²) < 4.78 is 65.4. The third-order valence-corrected chi connectivity index (χ3v) is 9.98. The normalized spacial score (nSPS) is 16.8. The Morgan fingerprint density at radius 1 is 0.878 bits per heavy atom. The zero-order valence-corrected chi connectivity index (χ0v) is 23.6. The summed E-state index contributed by atoms with van der Waals surface area (Å²) in [7, 11) is -6.87. The zero-order valence-electron chi connectivity index (χ0n) is 22.0. The second-order valence-electron chi connectivity index (χ2n) is 8.79. The van der Waals surface area contributed by atoms with Crippen LogP contribution in [0.2, 0.25) is 0 Å². The van der Waals surface area contributed by atoms with E-state index in [-0.39, 0.29) is 29.5 Å². The molecule has 1 saturated heterocycles. The number of carbonyl (C=O) groups excluding carboxylic acids is 2. The van der Waals surface area contributed by atoms with Crippen molar-refractivity contribution in [3.63, 3.8) is 0 Å². The van der Waals surface area contributed by atoms with E-state index < -0.39 is 44.5 Å². The Hall–Kier alpha value is -4.11. The number of piperazine rings is 1. The number of amides is 1. The predicted octanol–water partition coefficient (Wildman–Crippen LogP) is 1.45. The molecule has 0 saturated carbocycles. The van der Waals surface area contributed by atoms with E-state index in [9.17, 15) is 26.4 Å². The molecule has 216 valence electrons. The molecule has 0 bridgehead atoms. The van der Waals surface area contributed by atoms with Crippen molar-refractivity contribution in [3.8, 4) is 5.75 Å². The SMILES string of the molecule is COC(=O)COc1ccc(/C=N\NC(=O)[C@@H]2CN(S(=O)(=O)c3ccccc3)CCN2S(=O)(=O)c2ccccc2)cc1. The lowest BCUT2D eigenvalue weighted by Crippen LogP contribution is -2.60. The van der Waals surface area contributed by atoms with Gasteiger partial charge < -0.3 is 9.47 Å². The van der Waals surface area contributed by atoms with Gasteiger partial charge in [-0.25, -0.2) is 27.1 Å². The minimum absolute atomic E-state index is 0.0184. The third-order valence-electron chi connectivity index (χ3n) is 6.18. The maximum atomic E-state index is 13.5. The van der Waals surface area contributed by atoms with Crippen molar-refractivity contribution in [3.05, 3.63) is 90.5 Å². The van der Waals surface area contributed by atoms with E-state index in [1.165, 1.54) is 37.6 Å². The molecule has 0 radical (unpaired) electrons. The highest BCUT2D eigenvalue weighted by Crippen LogP contribution is 2.25. The van der Waals surface area contributed by atoms with Crippen LogP contribution in [0.25, 0.3) is 0 Å². The average Bonchev–Trinajstić information content (AvgIpc) is 3.01. The molecular weight excluding hydrogens is 572 g/mol. The van der Waals surface area contributed by atoms with E-state index in [0.29, 0.717) is 11.3 Å². The van der Waals surface area contributed by atoms with Crippen LogP contribution in [-0.4, -0.2) is 82.9 Å². The van der Waals surface area contributed by atoms with E-state index >= 15 is 0 Å². The number of methoxy groups -OCH3 is 1. The third kappa shape index (κ3) is 7.16. The largest absolute Gasteiger partial charge is 0.482 e. The maximum absolute atomic E-state index is 13.5. The number of sulfonamides is 2. The molecule has 1 N–H and O–H groups in total. The fourth-order valence-corrected chi connectivity index (χ4v) is 7.08. The van der Waals surface area contributed by atoms with Crippen LogP contribution in [0.4, 0.5) is 0 Å². The summed E-state index contributed by atoms with van der Waals surface area (Å²) in [4.78, 5) is 24.5. The Balaban J connectivity index is 1.53. The summed E-state index contributed by atoms with van der Waals surface area (Å²) in [6.45, 7) is -1.03. The summed E-state index contributed by atoms with van der Waals surface area (Å²) in [6, 6.07) is 20.4. The van der Waals surface area contributed by atoms with Gasteiger partial charge in [0.2, 0.25) is 20.0 Å². The number of hydrogen-bond donors (Lipinski definition) is 1. The molecule has 1 aliphatic rings. The molecule has 1 atom stereocenters. The van der Waals surface area contributed by atoms with Crippen LogP contribution >= 0.6 is 0 Å². The van der Waals surface area contributed by atoms with E-state index in [1.54, 1.807) is 60.7 Å². The Bertz CT molecular complexity index is 1600. The molecule has 0 spiro atoms. The number of esters is 1. The highest BCUT2D eigenvalue weighted by molar-refractivity contribution is 7.89. The minimum atomic E-state index is -4.13. The number of ether oxygens (including phenoxy) is 2. The van der Waals surface area contributed by atoms with E-state index in [1.807, 2.05) is 0 Å². The van der Waals surface area contributed by atoms with Gasteiger partial charge in [0.25, 0.3) is 5.91 Å². The summed E-state index contributed by atoms with van der Waals surface area (Å²) >= 11 is 0. The van der Waals surface area contributed by atoms with Crippen molar-refractivity contribution >= 4 is 38.1 Å². The van der Waals surface area contributed by atoms with Crippen molar-refractivity contribution in [2.24, 2.45) is 5.10 Å². The van der Waals surface area contributed by atoms with Gasteiger partial charge in [-0.3, -0.25) is 4.79 Å². The molecule has 41 heavy (non-hydrogen) atoms. The second kappa shape index (κ2) is 13.0. The number of rotatable bonds is 10. The van der Waals surface area contributed by atoms with Crippen molar-refractivity contribution in [2.75, 3.05) is 33.4 Å². The molecule has 1 aliphatic heterocycles. The lowest BCUT2D eigenvalue weighted by atomic mass is 10.2. The molecule has 3 aromatic rings. The van der Waals surface area contributed by atoms with Gasteiger partial charge in [-0.15, -0.1) is 0 Å². The molecular formula is C27H28N4O8S2. The smallest absolute Gasteiger partial charge is 0.343 e. The highest BCUT2D eigenvalue weighted by atomic mass is 32.2. The van der Waals surface area contributed by atoms with Gasteiger partial charge >= 0.3 is 5.97 Å². The van der Waals surface area contributed by atoms with Crippen LogP contribution in [-0.2, 0) is 34.4 Å². The molecule has 0 aromatic heterocycles. The first kappa shape index (κ1) is 29.9. The molecule has 0 unspecified atom stereocenters. The minimum Gasteiger partial charge on any atom is -0.482 e. The molecule has 1 fully saturated rings. The lowest BCUT2D eigenvalue weighted by Gasteiger charge is -2.38. The zero-order chi connectivity index (χ0) is 29.5. The standard InChI is InChI=1S/C27H28N4O8S2/c1-38-26(32)20-39-22-14-12-21(13-15-22)18-28-29-27(33)25-19-30(40(34,35)23-8-4-2-5-9-23)16-17-31(25)41(36,37)24-10-6-3-7-11-24/h2-15,18,25H,16-17,19-20H2,1H3,(H,29,33)/b28-18-/t25-/m0/s1. The molecule has 1 heterocycles. The lowest BCUT2D eigenvalue weighted by molar-refractivity contribution is -0.142. The summed E-state index contributed by atoms with van der Waals surface area (Å²) in [5.41, 5.74) is 2.91. The first-order valence-electron chi connectivity index (χ1n) is 12.4. The van der Waals surface area contributed by atoms with Crippen LogP contribution < -0.4 is 10.2 Å². The number of hydrazone groups is 1. The first-order valence-corrected chi connectivity index (χ1v) is 15.3. The van der Waals surface area contributed by atoms with Gasteiger partial charge in [-0.05, 0) is 54.1 Å². The van der Waals surface area contributed by atoms with Crippen LogP contribution in [0.3, 0.4) is 0 Å².